The number of urea groups is 1. The Balaban J connectivity index is 1.90. The summed E-state index contributed by atoms with van der Waals surface area (Å²) in [7, 11) is 0. The van der Waals surface area contributed by atoms with Crippen LogP contribution in [0.2, 0.25) is 5.02 Å². The number of carbonyl (C=O) groups excluding carboxylic acids is 3. The predicted molar refractivity (Wildman–Crippen MR) is 112 cm³/mol. The molecule has 0 spiro atoms. The number of amides is 3. The molecular formula is C20H22ClN3O6. The van der Waals surface area contributed by atoms with Crippen LogP contribution in [0.4, 0.5) is 16.2 Å². The van der Waals surface area contributed by atoms with Gasteiger partial charge in [-0.25, -0.2) is 9.59 Å². The van der Waals surface area contributed by atoms with Gasteiger partial charge in [-0.05, 0) is 38.1 Å². The third-order valence-electron chi connectivity index (χ3n) is 3.66. The molecule has 10 heteroatoms. The molecule has 0 aliphatic carbocycles. The quantitative estimate of drug-likeness (QED) is 0.428. The summed E-state index contributed by atoms with van der Waals surface area (Å²) in [4.78, 5) is 35.9. The van der Waals surface area contributed by atoms with Crippen molar-refractivity contribution in [2.75, 3.05) is 30.9 Å². The van der Waals surface area contributed by atoms with E-state index in [0.717, 1.165) is 0 Å². The van der Waals surface area contributed by atoms with E-state index in [-0.39, 0.29) is 16.3 Å². The fraction of sp³-hybridized carbons (Fsp3) is 0.250. The van der Waals surface area contributed by atoms with Crippen LogP contribution in [0, 0.1) is 0 Å². The molecule has 0 saturated carbocycles. The van der Waals surface area contributed by atoms with Crippen LogP contribution in [0.3, 0.4) is 0 Å². The fourth-order valence-corrected chi connectivity index (χ4v) is 2.55. The van der Waals surface area contributed by atoms with Gasteiger partial charge >= 0.3 is 12.0 Å². The van der Waals surface area contributed by atoms with Crippen molar-refractivity contribution in [3.63, 3.8) is 0 Å². The Morgan fingerprint density at radius 1 is 1.03 bits per heavy atom. The minimum Gasteiger partial charge on any atom is -0.490 e. The molecule has 30 heavy (non-hydrogen) atoms. The van der Waals surface area contributed by atoms with Crippen LogP contribution in [0.25, 0.3) is 0 Å². The Labute approximate surface area is 178 Å². The van der Waals surface area contributed by atoms with E-state index in [1.165, 1.54) is 18.2 Å². The van der Waals surface area contributed by atoms with Gasteiger partial charge in [0.2, 0.25) is 0 Å². The van der Waals surface area contributed by atoms with Gasteiger partial charge in [-0.1, -0.05) is 17.7 Å². The number of para-hydroxylation sites is 1. The first kappa shape index (κ1) is 22.8. The number of halogens is 1. The number of nitrogens with two attached hydrogens (primary N) is 1. The Hall–Kier alpha value is -3.46. The first-order chi connectivity index (χ1) is 14.3. The van der Waals surface area contributed by atoms with Crippen molar-refractivity contribution in [1.82, 2.24) is 5.32 Å². The Bertz CT molecular complexity index is 935. The lowest BCUT2D eigenvalue weighted by Crippen LogP contribution is -2.37. The molecular weight excluding hydrogens is 414 g/mol. The topological polar surface area (TPSA) is 129 Å². The average molecular weight is 436 g/mol. The van der Waals surface area contributed by atoms with Crippen molar-refractivity contribution in [1.29, 1.82) is 0 Å². The number of esters is 1. The lowest BCUT2D eigenvalue weighted by atomic mass is 10.2. The van der Waals surface area contributed by atoms with Crippen LogP contribution >= 0.6 is 11.6 Å². The lowest BCUT2D eigenvalue weighted by Gasteiger charge is -2.13. The van der Waals surface area contributed by atoms with Gasteiger partial charge in [0.05, 0.1) is 29.5 Å². The fourth-order valence-electron chi connectivity index (χ4n) is 2.38. The molecule has 160 valence electrons. The number of ether oxygens (including phenoxy) is 3. The molecule has 2 aromatic carbocycles. The van der Waals surface area contributed by atoms with Gasteiger partial charge in [0.15, 0.2) is 18.1 Å². The Kier molecular flexibility index (Phi) is 8.30. The lowest BCUT2D eigenvalue weighted by molar-refractivity contribution is -0.123. The van der Waals surface area contributed by atoms with Crippen molar-refractivity contribution in [2.24, 2.45) is 0 Å². The first-order valence-electron chi connectivity index (χ1n) is 9.07. The second-order valence-electron chi connectivity index (χ2n) is 5.81. The minimum absolute atomic E-state index is 0.0255. The summed E-state index contributed by atoms with van der Waals surface area (Å²) in [5, 5.41) is 4.74. The molecule has 4 N–H and O–H groups in total. The van der Waals surface area contributed by atoms with Gasteiger partial charge in [0.1, 0.15) is 0 Å². The highest BCUT2D eigenvalue weighted by atomic mass is 35.5. The normalized spacial score (nSPS) is 10.1. The molecule has 3 amide bonds. The molecule has 2 rings (SSSR count). The first-order valence-corrected chi connectivity index (χ1v) is 9.45. The van der Waals surface area contributed by atoms with Gasteiger partial charge in [0.25, 0.3) is 5.91 Å². The highest BCUT2D eigenvalue weighted by molar-refractivity contribution is 6.33. The van der Waals surface area contributed by atoms with E-state index in [9.17, 15) is 14.4 Å². The van der Waals surface area contributed by atoms with Gasteiger partial charge in [-0.2, -0.15) is 0 Å². The van der Waals surface area contributed by atoms with Crippen LogP contribution in [-0.2, 0) is 9.53 Å². The molecule has 0 heterocycles. The summed E-state index contributed by atoms with van der Waals surface area (Å²) in [6.45, 7) is 3.86. The number of imide groups is 1. The molecule has 0 fully saturated rings. The number of hydrogen-bond acceptors (Lipinski definition) is 7. The number of nitrogen functional groups attached to an aromatic ring is 1. The van der Waals surface area contributed by atoms with E-state index < -0.39 is 24.5 Å². The highest BCUT2D eigenvalue weighted by Gasteiger charge is 2.16. The van der Waals surface area contributed by atoms with E-state index in [1.807, 2.05) is 13.8 Å². The average Bonchev–Trinajstić information content (AvgIpc) is 2.70. The van der Waals surface area contributed by atoms with Crippen LogP contribution in [-0.4, -0.2) is 37.7 Å². The second kappa shape index (κ2) is 10.9. The largest absolute Gasteiger partial charge is 0.490 e. The summed E-state index contributed by atoms with van der Waals surface area (Å²) < 4.78 is 15.8. The number of carbonyl (C=O) groups is 3. The van der Waals surface area contributed by atoms with Crippen molar-refractivity contribution in [3.05, 3.63) is 47.0 Å². The van der Waals surface area contributed by atoms with E-state index in [1.54, 1.807) is 18.2 Å². The summed E-state index contributed by atoms with van der Waals surface area (Å²) in [6, 6.07) is 8.46. The number of anilines is 2. The van der Waals surface area contributed by atoms with Gasteiger partial charge in [-0.15, -0.1) is 0 Å². The predicted octanol–water partition coefficient (Wildman–Crippen LogP) is 3.22. The van der Waals surface area contributed by atoms with Crippen LogP contribution in [0.1, 0.15) is 24.2 Å². The van der Waals surface area contributed by atoms with Crippen LogP contribution < -0.4 is 25.8 Å². The number of nitrogens with one attached hydrogen (secondary N) is 2. The summed E-state index contributed by atoms with van der Waals surface area (Å²) in [6.07, 6.45) is 0. The SMILES string of the molecule is CCOc1ccc(NC(=O)NC(=O)COC(=O)c2cccc(Cl)c2N)cc1OCC. The molecule has 0 saturated heterocycles. The maximum absolute atomic E-state index is 12.0. The zero-order valence-corrected chi connectivity index (χ0v) is 17.2. The number of benzene rings is 2. The maximum atomic E-state index is 12.0. The molecule has 0 radical (unpaired) electrons. The molecule has 2 aromatic rings. The number of rotatable bonds is 8. The van der Waals surface area contributed by atoms with E-state index in [4.69, 9.17) is 31.5 Å². The Morgan fingerprint density at radius 3 is 2.43 bits per heavy atom. The molecule has 9 nitrogen and oxygen atoms in total. The zero-order valence-electron chi connectivity index (χ0n) is 16.5. The van der Waals surface area contributed by atoms with Gasteiger partial charge in [-0.3, -0.25) is 10.1 Å². The molecule has 0 bridgehead atoms. The third kappa shape index (κ3) is 6.28. The van der Waals surface area contributed by atoms with E-state index in [2.05, 4.69) is 10.6 Å². The standard InChI is InChI=1S/C20H22ClN3O6/c1-3-28-15-9-8-12(10-16(15)29-4-2)23-20(27)24-17(25)11-30-19(26)13-6-5-7-14(21)18(13)22/h5-10H,3-4,11,22H2,1-2H3,(H2,23,24,25,27). The second-order valence-corrected chi connectivity index (χ2v) is 6.21. The molecule has 0 aromatic heterocycles. The van der Waals surface area contributed by atoms with E-state index in [0.29, 0.717) is 30.4 Å². The molecule has 0 aliphatic heterocycles. The van der Waals surface area contributed by atoms with Crippen molar-refractivity contribution in [2.45, 2.75) is 13.8 Å². The third-order valence-corrected chi connectivity index (χ3v) is 3.99. The van der Waals surface area contributed by atoms with Crippen molar-refractivity contribution < 1.29 is 28.6 Å². The number of hydrogen-bond donors (Lipinski definition) is 3. The van der Waals surface area contributed by atoms with Crippen LogP contribution in [0.15, 0.2) is 36.4 Å². The van der Waals surface area contributed by atoms with E-state index >= 15 is 0 Å². The molecule has 0 unspecified atom stereocenters. The summed E-state index contributed by atoms with van der Waals surface area (Å²) in [5.74, 6) is -0.666. The maximum Gasteiger partial charge on any atom is 0.340 e. The Morgan fingerprint density at radius 2 is 1.73 bits per heavy atom. The van der Waals surface area contributed by atoms with Crippen molar-refractivity contribution in [3.8, 4) is 11.5 Å². The minimum atomic E-state index is -0.835. The summed E-state index contributed by atoms with van der Waals surface area (Å²) in [5.41, 5.74) is 6.16. The zero-order chi connectivity index (χ0) is 22.1. The highest BCUT2D eigenvalue weighted by Crippen LogP contribution is 2.30. The van der Waals surface area contributed by atoms with Gasteiger partial charge < -0.3 is 25.3 Å². The summed E-state index contributed by atoms with van der Waals surface area (Å²) >= 11 is 5.84. The smallest absolute Gasteiger partial charge is 0.340 e. The monoisotopic (exact) mass is 435 g/mol. The van der Waals surface area contributed by atoms with Crippen LogP contribution in [0.5, 0.6) is 11.5 Å². The van der Waals surface area contributed by atoms with Gasteiger partial charge in [0, 0.05) is 11.8 Å². The van der Waals surface area contributed by atoms with Crippen molar-refractivity contribution >= 4 is 40.9 Å². The molecule has 0 atom stereocenters. The molecule has 0 aliphatic rings.